The number of anilines is 2. The predicted octanol–water partition coefficient (Wildman–Crippen LogP) is 4.58. The smallest absolute Gasteiger partial charge is 0.302 e. The van der Waals surface area contributed by atoms with Crippen molar-refractivity contribution in [3.8, 4) is 6.07 Å². The third kappa shape index (κ3) is 5.73. The second kappa shape index (κ2) is 9.61. The number of carbonyl (C=O) groups excluding carboxylic acids is 1. The van der Waals surface area contributed by atoms with Gasteiger partial charge in [-0.3, -0.25) is 4.79 Å². The van der Waals surface area contributed by atoms with Crippen molar-refractivity contribution in [3.05, 3.63) is 42.5 Å². The van der Waals surface area contributed by atoms with Crippen LogP contribution in [0.4, 0.5) is 22.2 Å². The highest BCUT2D eigenvalue weighted by Gasteiger charge is 2.08. The SMILES string of the molecule is CC(=O)OCCN(CCC#N)c1ccc(/N=N/c2nc3ccc(N)cc3s2)cc1. The maximum absolute atomic E-state index is 11.0. The van der Waals surface area contributed by atoms with Crippen molar-refractivity contribution < 1.29 is 9.53 Å². The second-order valence-electron chi connectivity index (χ2n) is 6.18. The lowest BCUT2D eigenvalue weighted by molar-refractivity contribution is -0.140. The van der Waals surface area contributed by atoms with E-state index in [1.165, 1.54) is 18.3 Å². The topological polar surface area (TPSA) is 117 Å². The first-order valence-corrected chi connectivity index (χ1v) is 9.80. The van der Waals surface area contributed by atoms with Crippen LogP contribution in [0.15, 0.2) is 52.7 Å². The van der Waals surface area contributed by atoms with E-state index < -0.39 is 0 Å². The quantitative estimate of drug-likeness (QED) is 0.331. The summed E-state index contributed by atoms with van der Waals surface area (Å²) in [5.41, 5.74) is 8.93. The molecule has 0 spiro atoms. The fourth-order valence-corrected chi connectivity index (χ4v) is 3.49. The van der Waals surface area contributed by atoms with E-state index in [0.717, 1.165) is 15.9 Å². The molecule has 0 amide bonds. The Kier molecular flexibility index (Phi) is 6.71. The molecule has 0 atom stereocenters. The van der Waals surface area contributed by atoms with Crippen molar-refractivity contribution in [1.82, 2.24) is 4.98 Å². The van der Waals surface area contributed by atoms with Crippen LogP contribution in [0, 0.1) is 11.3 Å². The van der Waals surface area contributed by atoms with Crippen molar-refractivity contribution in [2.24, 2.45) is 10.2 Å². The molecule has 2 aromatic carbocycles. The van der Waals surface area contributed by atoms with Gasteiger partial charge in [0.15, 0.2) is 0 Å². The van der Waals surface area contributed by atoms with E-state index in [1.54, 1.807) is 6.07 Å². The number of nitrogen functional groups attached to an aromatic ring is 1. The number of nitrogens with zero attached hydrogens (tertiary/aromatic N) is 5. The predicted molar refractivity (Wildman–Crippen MR) is 114 cm³/mol. The number of nitriles is 1. The van der Waals surface area contributed by atoms with Crippen LogP contribution < -0.4 is 10.6 Å². The monoisotopic (exact) mass is 408 g/mol. The van der Waals surface area contributed by atoms with Gasteiger partial charge in [0.05, 0.1) is 34.9 Å². The van der Waals surface area contributed by atoms with Crippen LogP contribution in [-0.4, -0.2) is 30.6 Å². The molecule has 8 nitrogen and oxygen atoms in total. The Morgan fingerprint density at radius 1 is 1.24 bits per heavy atom. The minimum Gasteiger partial charge on any atom is -0.464 e. The Labute approximate surface area is 172 Å². The molecule has 3 rings (SSSR count). The summed E-state index contributed by atoms with van der Waals surface area (Å²) in [6.45, 7) is 2.70. The molecular formula is C20H20N6O2S. The van der Waals surface area contributed by atoms with Gasteiger partial charge in [-0.1, -0.05) is 11.3 Å². The maximum atomic E-state index is 11.0. The van der Waals surface area contributed by atoms with Gasteiger partial charge in [0.25, 0.3) is 0 Å². The van der Waals surface area contributed by atoms with Crippen LogP contribution in [0.5, 0.6) is 0 Å². The molecule has 0 radical (unpaired) electrons. The Morgan fingerprint density at radius 2 is 2.03 bits per heavy atom. The van der Waals surface area contributed by atoms with Crippen LogP contribution >= 0.6 is 11.3 Å². The number of hydrogen-bond acceptors (Lipinski definition) is 9. The van der Waals surface area contributed by atoms with Gasteiger partial charge in [-0.25, -0.2) is 4.98 Å². The van der Waals surface area contributed by atoms with Crippen LogP contribution in [0.3, 0.4) is 0 Å². The van der Waals surface area contributed by atoms with E-state index in [2.05, 4.69) is 21.3 Å². The molecule has 0 aliphatic carbocycles. The van der Waals surface area contributed by atoms with E-state index in [4.69, 9.17) is 15.7 Å². The highest BCUT2D eigenvalue weighted by molar-refractivity contribution is 7.21. The average molecular weight is 408 g/mol. The lowest BCUT2D eigenvalue weighted by Gasteiger charge is -2.23. The molecule has 0 bridgehead atoms. The fourth-order valence-electron chi connectivity index (χ4n) is 2.66. The van der Waals surface area contributed by atoms with Crippen molar-refractivity contribution in [2.75, 3.05) is 30.3 Å². The Hall–Kier alpha value is -3.51. The minimum absolute atomic E-state index is 0.268. The van der Waals surface area contributed by atoms with Gasteiger partial charge in [-0.15, -0.1) is 10.2 Å². The summed E-state index contributed by atoms with van der Waals surface area (Å²) in [4.78, 5) is 17.4. The maximum Gasteiger partial charge on any atom is 0.302 e. The first-order valence-electron chi connectivity index (χ1n) is 8.98. The number of azo groups is 1. The summed E-state index contributed by atoms with van der Waals surface area (Å²) in [6, 6.07) is 15.2. The number of thiazole rings is 1. The largest absolute Gasteiger partial charge is 0.464 e. The normalized spacial score (nSPS) is 10.9. The molecule has 0 aliphatic heterocycles. The van der Waals surface area contributed by atoms with E-state index >= 15 is 0 Å². The van der Waals surface area contributed by atoms with E-state index in [1.807, 2.05) is 41.3 Å². The molecular weight excluding hydrogens is 388 g/mol. The molecule has 2 N–H and O–H groups in total. The van der Waals surface area contributed by atoms with Crippen molar-refractivity contribution in [1.29, 1.82) is 5.26 Å². The lowest BCUT2D eigenvalue weighted by Crippen LogP contribution is -2.28. The summed E-state index contributed by atoms with van der Waals surface area (Å²) in [7, 11) is 0. The Morgan fingerprint density at radius 3 is 2.76 bits per heavy atom. The third-order valence-electron chi connectivity index (χ3n) is 4.03. The van der Waals surface area contributed by atoms with Crippen molar-refractivity contribution in [2.45, 2.75) is 13.3 Å². The standard InChI is InChI=1S/C20H20N6O2S/c1-14(27)28-12-11-26(10-2-9-21)17-6-4-16(5-7-17)24-25-20-23-18-8-3-15(22)13-19(18)29-20/h3-8,13H,2,10-12,22H2,1H3/b25-24+. The summed E-state index contributed by atoms with van der Waals surface area (Å²) < 4.78 is 5.97. The summed E-state index contributed by atoms with van der Waals surface area (Å²) in [5.74, 6) is -0.321. The molecule has 0 fully saturated rings. The zero-order chi connectivity index (χ0) is 20.6. The molecule has 3 aromatic rings. The van der Waals surface area contributed by atoms with Crippen LogP contribution in [0.25, 0.3) is 10.2 Å². The van der Waals surface area contributed by atoms with E-state index in [9.17, 15) is 4.79 Å². The van der Waals surface area contributed by atoms with Crippen molar-refractivity contribution in [3.63, 3.8) is 0 Å². The fraction of sp³-hybridized carbons (Fsp3) is 0.250. The van der Waals surface area contributed by atoms with Gasteiger partial charge in [-0.2, -0.15) is 5.26 Å². The number of ether oxygens (including phenoxy) is 1. The summed E-state index contributed by atoms with van der Waals surface area (Å²) in [6.07, 6.45) is 0.379. The molecule has 0 aliphatic rings. The number of aromatic nitrogens is 1. The number of rotatable bonds is 8. The number of fused-ring (bicyclic) bond motifs is 1. The molecule has 0 saturated carbocycles. The number of esters is 1. The van der Waals surface area contributed by atoms with Crippen LogP contribution in [0.1, 0.15) is 13.3 Å². The van der Waals surface area contributed by atoms with Gasteiger partial charge >= 0.3 is 5.97 Å². The molecule has 1 heterocycles. The molecule has 148 valence electrons. The lowest BCUT2D eigenvalue weighted by atomic mass is 10.2. The number of carbonyl (C=O) groups is 1. The summed E-state index contributed by atoms with van der Waals surface area (Å²) in [5, 5.41) is 17.9. The average Bonchev–Trinajstić information content (AvgIpc) is 3.11. The van der Waals surface area contributed by atoms with Gasteiger partial charge < -0.3 is 15.4 Å². The molecule has 9 heteroatoms. The molecule has 0 saturated heterocycles. The first-order chi connectivity index (χ1) is 14.0. The number of benzene rings is 2. The van der Waals surface area contributed by atoms with Crippen LogP contribution in [0.2, 0.25) is 0 Å². The number of hydrogen-bond donors (Lipinski definition) is 1. The second-order valence-corrected chi connectivity index (χ2v) is 7.18. The highest BCUT2D eigenvalue weighted by atomic mass is 32.1. The van der Waals surface area contributed by atoms with Gasteiger partial charge in [0.1, 0.15) is 6.61 Å². The van der Waals surface area contributed by atoms with Gasteiger partial charge in [0, 0.05) is 24.8 Å². The van der Waals surface area contributed by atoms with E-state index in [-0.39, 0.29) is 12.6 Å². The van der Waals surface area contributed by atoms with Gasteiger partial charge in [0.2, 0.25) is 5.13 Å². The Balaban J connectivity index is 1.68. The highest BCUT2D eigenvalue weighted by Crippen LogP contribution is 2.30. The zero-order valence-electron chi connectivity index (χ0n) is 15.9. The zero-order valence-corrected chi connectivity index (χ0v) is 16.7. The number of nitrogens with two attached hydrogens (primary N) is 1. The summed E-state index contributed by atoms with van der Waals surface area (Å²) >= 11 is 1.43. The molecule has 29 heavy (non-hydrogen) atoms. The van der Waals surface area contributed by atoms with Gasteiger partial charge in [-0.05, 0) is 42.5 Å². The van der Waals surface area contributed by atoms with Crippen LogP contribution in [-0.2, 0) is 9.53 Å². The molecule has 1 aromatic heterocycles. The molecule has 0 unspecified atom stereocenters. The van der Waals surface area contributed by atoms with E-state index in [0.29, 0.717) is 36.0 Å². The first kappa shape index (κ1) is 20.2. The third-order valence-corrected chi connectivity index (χ3v) is 4.93. The minimum atomic E-state index is -0.321. The Bertz CT molecular complexity index is 1060. The van der Waals surface area contributed by atoms with Crippen molar-refractivity contribution >= 4 is 49.7 Å².